The molecule has 3 aromatic carbocycles. The van der Waals surface area contributed by atoms with E-state index in [1.54, 1.807) is 36.4 Å². The van der Waals surface area contributed by atoms with E-state index >= 15 is 0 Å². The molecule has 0 unspecified atom stereocenters. The number of hydrogen-bond donors (Lipinski definition) is 1. The van der Waals surface area contributed by atoms with Crippen LogP contribution in [0.25, 0.3) is 6.08 Å². The zero-order valence-electron chi connectivity index (χ0n) is 17.3. The molecule has 10 heteroatoms. The Bertz CT molecular complexity index is 1370. The number of carbonyl (C=O) groups excluding carboxylic acids is 1. The summed E-state index contributed by atoms with van der Waals surface area (Å²) in [5.41, 5.74) is 1.15. The third kappa shape index (κ3) is 5.81. The maximum absolute atomic E-state index is 12.6. The molecule has 1 amide bonds. The Balaban J connectivity index is 1.87. The summed E-state index contributed by atoms with van der Waals surface area (Å²) in [5, 5.41) is 22.8. The molecule has 0 fully saturated rings. The number of benzene rings is 3. The normalized spacial score (nSPS) is 11.3. The van der Waals surface area contributed by atoms with Gasteiger partial charge in [0.1, 0.15) is 22.3 Å². The van der Waals surface area contributed by atoms with Crippen LogP contribution in [0.4, 0.5) is 11.4 Å². The molecule has 9 nitrogen and oxygen atoms in total. The van der Waals surface area contributed by atoms with E-state index in [-0.39, 0.29) is 27.5 Å². The average Bonchev–Trinajstić information content (AvgIpc) is 2.79. The van der Waals surface area contributed by atoms with Crippen LogP contribution in [-0.2, 0) is 14.9 Å². The summed E-state index contributed by atoms with van der Waals surface area (Å²) in [5.74, 6) is -0.791. The van der Waals surface area contributed by atoms with Gasteiger partial charge in [-0.1, -0.05) is 35.9 Å². The van der Waals surface area contributed by atoms with Crippen LogP contribution in [0.15, 0.2) is 83.3 Å². The lowest BCUT2D eigenvalue weighted by Gasteiger charge is -2.10. The second-order valence-electron chi connectivity index (χ2n) is 6.82. The van der Waals surface area contributed by atoms with E-state index in [0.29, 0.717) is 5.69 Å². The van der Waals surface area contributed by atoms with Gasteiger partial charge in [-0.25, -0.2) is 0 Å². The molecule has 3 rings (SSSR count). The number of para-hydroxylation sites is 1. The first-order valence-corrected chi connectivity index (χ1v) is 10.9. The topological polar surface area (TPSA) is 139 Å². The second-order valence-corrected chi connectivity index (χ2v) is 8.36. The molecule has 0 radical (unpaired) electrons. The van der Waals surface area contributed by atoms with Gasteiger partial charge >= 0.3 is 10.1 Å². The molecule has 0 saturated carbocycles. The van der Waals surface area contributed by atoms with E-state index < -0.39 is 20.9 Å². The summed E-state index contributed by atoms with van der Waals surface area (Å²) < 4.78 is 30.5. The molecule has 0 bridgehead atoms. The van der Waals surface area contributed by atoms with Gasteiger partial charge in [0.15, 0.2) is 0 Å². The van der Waals surface area contributed by atoms with Crippen molar-refractivity contribution in [2.75, 3.05) is 5.32 Å². The van der Waals surface area contributed by atoms with Crippen molar-refractivity contribution in [3.05, 3.63) is 99.6 Å². The first kappa shape index (κ1) is 23.2. The van der Waals surface area contributed by atoms with Crippen molar-refractivity contribution in [3.63, 3.8) is 0 Å². The monoisotopic (exact) mass is 463 g/mol. The molecule has 0 saturated heterocycles. The molecule has 166 valence electrons. The molecule has 1 N–H and O–H groups in total. The number of nitrogens with one attached hydrogen (secondary N) is 1. The number of aryl methyl sites for hydroxylation is 1. The molecule has 3 aromatic rings. The van der Waals surface area contributed by atoms with E-state index in [0.717, 1.165) is 29.8 Å². The van der Waals surface area contributed by atoms with Gasteiger partial charge in [-0.3, -0.25) is 14.9 Å². The summed E-state index contributed by atoms with van der Waals surface area (Å²) in [7, 11) is -4.33. The Morgan fingerprint density at radius 2 is 1.70 bits per heavy atom. The van der Waals surface area contributed by atoms with Gasteiger partial charge < -0.3 is 9.50 Å². The van der Waals surface area contributed by atoms with Gasteiger partial charge in [-0.05, 0) is 43.3 Å². The highest BCUT2D eigenvalue weighted by atomic mass is 32.2. The summed E-state index contributed by atoms with van der Waals surface area (Å²) in [6.07, 6.45) is 1.21. The second kappa shape index (κ2) is 9.76. The summed E-state index contributed by atoms with van der Waals surface area (Å²) in [6.45, 7) is 1.90. The zero-order valence-corrected chi connectivity index (χ0v) is 18.1. The molecule has 0 aliphatic carbocycles. The van der Waals surface area contributed by atoms with Gasteiger partial charge in [0.25, 0.3) is 11.6 Å². The smallest absolute Gasteiger partial charge is 0.339 e. The minimum atomic E-state index is -4.33. The molecule has 0 spiro atoms. The fourth-order valence-corrected chi connectivity index (χ4v) is 3.67. The molecule has 0 heterocycles. The predicted octanol–water partition coefficient (Wildman–Crippen LogP) is 4.22. The van der Waals surface area contributed by atoms with E-state index in [1.807, 2.05) is 6.92 Å². The quantitative estimate of drug-likeness (QED) is 0.182. The standard InChI is InChI=1S/C23H17N3O6S/c1-16-6-8-19(9-7-16)25-23(27)18(15-24)14-17-4-2-3-5-22(17)32-33(30,31)21-12-10-20(11-13-21)26(28)29/h2-14H,1H3,(H,25,27)/b18-14-. The highest BCUT2D eigenvalue weighted by Crippen LogP contribution is 2.26. The van der Waals surface area contributed by atoms with E-state index in [4.69, 9.17) is 4.18 Å². The number of non-ortho nitro benzene ring substituents is 1. The van der Waals surface area contributed by atoms with Crippen LogP contribution >= 0.6 is 0 Å². The number of nitriles is 1. The lowest BCUT2D eigenvalue weighted by Crippen LogP contribution is -2.14. The molecule has 0 aromatic heterocycles. The fourth-order valence-electron chi connectivity index (χ4n) is 2.72. The van der Waals surface area contributed by atoms with Gasteiger partial charge in [0, 0.05) is 23.4 Å². The molecule has 0 atom stereocenters. The number of carbonyl (C=O) groups is 1. The first-order valence-electron chi connectivity index (χ1n) is 9.47. The zero-order chi connectivity index (χ0) is 24.0. The molecule has 33 heavy (non-hydrogen) atoms. The summed E-state index contributed by atoms with van der Waals surface area (Å²) >= 11 is 0. The van der Waals surface area contributed by atoms with Crippen molar-refractivity contribution in [1.82, 2.24) is 0 Å². The number of anilines is 1. The lowest BCUT2D eigenvalue weighted by molar-refractivity contribution is -0.384. The summed E-state index contributed by atoms with van der Waals surface area (Å²) in [6, 6.07) is 19.0. The van der Waals surface area contributed by atoms with Crippen LogP contribution < -0.4 is 9.50 Å². The third-order valence-electron chi connectivity index (χ3n) is 4.43. The Hall–Kier alpha value is -4.49. The number of rotatable bonds is 7. The lowest BCUT2D eigenvalue weighted by atomic mass is 10.1. The fraction of sp³-hybridized carbons (Fsp3) is 0.0435. The molecular formula is C23H17N3O6S. The van der Waals surface area contributed by atoms with Crippen molar-refractivity contribution in [2.45, 2.75) is 11.8 Å². The Labute approximate surface area is 189 Å². The average molecular weight is 463 g/mol. The third-order valence-corrected chi connectivity index (χ3v) is 5.68. The van der Waals surface area contributed by atoms with E-state index in [2.05, 4.69) is 5.32 Å². The predicted molar refractivity (Wildman–Crippen MR) is 121 cm³/mol. The van der Waals surface area contributed by atoms with Crippen LogP contribution in [0.2, 0.25) is 0 Å². The van der Waals surface area contributed by atoms with Crippen LogP contribution in [0, 0.1) is 28.4 Å². The van der Waals surface area contributed by atoms with Gasteiger partial charge in [-0.2, -0.15) is 13.7 Å². The number of nitro groups is 1. The highest BCUT2D eigenvalue weighted by molar-refractivity contribution is 7.87. The Kier molecular flexibility index (Phi) is 6.85. The van der Waals surface area contributed by atoms with Gasteiger partial charge in [0.05, 0.1) is 4.92 Å². The van der Waals surface area contributed by atoms with Crippen molar-refractivity contribution < 1.29 is 22.3 Å². The molecular weight excluding hydrogens is 446 g/mol. The van der Waals surface area contributed by atoms with E-state index in [1.165, 1.54) is 24.3 Å². The Morgan fingerprint density at radius 1 is 1.06 bits per heavy atom. The molecule has 0 aliphatic rings. The van der Waals surface area contributed by atoms with Gasteiger partial charge in [0.2, 0.25) is 0 Å². The Morgan fingerprint density at radius 3 is 2.30 bits per heavy atom. The maximum Gasteiger partial charge on any atom is 0.339 e. The van der Waals surface area contributed by atoms with Crippen LogP contribution in [0.5, 0.6) is 5.75 Å². The van der Waals surface area contributed by atoms with Gasteiger partial charge in [-0.15, -0.1) is 0 Å². The summed E-state index contributed by atoms with van der Waals surface area (Å²) in [4.78, 5) is 22.4. The minimum absolute atomic E-state index is 0.119. The largest absolute Gasteiger partial charge is 0.378 e. The van der Waals surface area contributed by atoms with Crippen molar-refractivity contribution in [3.8, 4) is 11.8 Å². The number of hydrogen-bond acceptors (Lipinski definition) is 7. The number of nitro benzene ring substituents is 1. The molecule has 0 aliphatic heterocycles. The first-order chi connectivity index (χ1) is 15.7. The van der Waals surface area contributed by atoms with Crippen LogP contribution in [0.1, 0.15) is 11.1 Å². The minimum Gasteiger partial charge on any atom is -0.378 e. The number of nitrogens with zero attached hydrogens (tertiary/aromatic N) is 2. The SMILES string of the molecule is Cc1ccc(NC(=O)/C(C#N)=C\c2ccccc2OS(=O)(=O)c2ccc([N+](=O)[O-])cc2)cc1. The van der Waals surface area contributed by atoms with Crippen LogP contribution in [-0.4, -0.2) is 19.2 Å². The highest BCUT2D eigenvalue weighted by Gasteiger charge is 2.20. The van der Waals surface area contributed by atoms with Crippen molar-refractivity contribution in [2.24, 2.45) is 0 Å². The maximum atomic E-state index is 12.6. The van der Waals surface area contributed by atoms with Crippen molar-refractivity contribution in [1.29, 1.82) is 5.26 Å². The number of amides is 1. The van der Waals surface area contributed by atoms with E-state index in [9.17, 15) is 28.6 Å². The van der Waals surface area contributed by atoms with Crippen molar-refractivity contribution >= 4 is 33.5 Å². The van der Waals surface area contributed by atoms with Crippen LogP contribution in [0.3, 0.4) is 0 Å².